The Labute approximate surface area is 153 Å². The van der Waals surface area contributed by atoms with Crippen molar-refractivity contribution in [3.63, 3.8) is 0 Å². The lowest BCUT2D eigenvalue weighted by Crippen LogP contribution is -2.42. The van der Waals surface area contributed by atoms with Gasteiger partial charge in [0.15, 0.2) is 0 Å². The Kier molecular flexibility index (Phi) is 5.78. The van der Waals surface area contributed by atoms with Crippen LogP contribution in [0.2, 0.25) is 0 Å². The maximum atomic E-state index is 12.7. The molecule has 1 heterocycles. The molecule has 1 aromatic heterocycles. The van der Waals surface area contributed by atoms with Gasteiger partial charge in [0, 0.05) is 39.1 Å². The molecule has 0 aliphatic heterocycles. The number of aliphatic hydroxyl groups excluding tert-OH is 1. The van der Waals surface area contributed by atoms with Crippen molar-refractivity contribution in [2.75, 3.05) is 27.8 Å². The average molecular weight is 361 g/mol. The number of hydrogen-bond donors (Lipinski definition) is 2. The summed E-state index contributed by atoms with van der Waals surface area (Å²) in [7, 11) is 5.04. The van der Waals surface area contributed by atoms with Crippen molar-refractivity contribution >= 4 is 16.9 Å². The van der Waals surface area contributed by atoms with Gasteiger partial charge in [-0.05, 0) is 31.4 Å². The molecule has 0 bridgehead atoms. The second-order valence-electron chi connectivity index (χ2n) is 6.93. The number of imidazole rings is 1. The molecule has 1 fully saturated rings. The van der Waals surface area contributed by atoms with Gasteiger partial charge in [0.2, 0.25) is 5.91 Å². The van der Waals surface area contributed by atoms with Crippen LogP contribution in [0.3, 0.4) is 0 Å². The number of fused-ring (bicyclic) bond motifs is 1. The Balaban J connectivity index is 1.58. The summed E-state index contributed by atoms with van der Waals surface area (Å²) in [5, 5.41) is 9.89. The molecule has 1 aromatic carbocycles. The lowest BCUT2D eigenvalue weighted by Gasteiger charge is -2.33. The van der Waals surface area contributed by atoms with Crippen molar-refractivity contribution in [2.45, 2.75) is 37.9 Å². The lowest BCUT2D eigenvalue weighted by atomic mass is 9.84. The van der Waals surface area contributed by atoms with E-state index in [-0.39, 0.29) is 17.9 Å². The van der Waals surface area contributed by atoms with Gasteiger partial charge >= 0.3 is 0 Å². The van der Waals surface area contributed by atoms with Gasteiger partial charge < -0.3 is 24.5 Å². The Hall–Kier alpha value is -2.12. The van der Waals surface area contributed by atoms with Crippen LogP contribution in [0.15, 0.2) is 18.2 Å². The van der Waals surface area contributed by atoms with Crippen LogP contribution in [0.5, 0.6) is 5.75 Å². The Morgan fingerprint density at radius 1 is 1.38 bits per heavy atom. The van der Waals surface area contributed by atoms with Gasteiger partial charge in [0.05, 0.1) is 30.4 Å². The van der Waals surface area contributed by atoms with Crippen molar-refractivity contribution in [1.82, 2.24) is 14.9 Å². The van der Waals surface area contributed by atoms with Crippen molar-refractivity contribution in [3.05, 3.63) is 24.0 Å². The predicted octanol–water partition coefficient (Wildman–Crippen LogP) is 1.75. The molecular weight excluding hydrogens is 334 g/mol. The minimum Gasteiger partial charge on any atom is -0.497 e. The largest absolute Gasteiger partial charge is 0.497 e. The SMILES string of the molecule is COc1ccc2nc(CCN(C)C(=O)[C@@H]3CC[C@H](O)[C@H](OC)C3)[nH]c2c1. The molecule has 1 aliphatic rings. The van der Waals surface area contributed by atoms with Gasteiger partial charge in [-0.2, -0.15) is 0 Å². The average Bonchev–Trinajstić information content (AvgIpc) is 3.07. The Bertz CT molecular complexity index is 760. The number of carbonyl (C=O) groups is 1. The highest BCUT2D eigenvalue weighted by atomic mass is 16.5. The topological polar surface area (TPSA) is 87.7 Å². The van der Waals surface area contributed by atoms with Crippen LogP contribution in [0.1, 0.15) is 25.1 Å². The number of methoxy groups -OCH3 is 2. The molecule has 0 radical (unpaired) electrons. The van der Waals surface area contributed by atoms with E-state index in [4.69, 9.17) is 9.47 Å². The zero-order chi connectivity index (χ0) is 18.7. The number of H-pyrrole nitrogens is 1. The van der Waals surface area contributed by atoms with Gasteiger partial charge in [-0.15, -0.1) is 0 Å². The van der Waals surface area contributed by atoms with Crippen LogP contribution < -0.4 is 4.74 Å². The highest BCUT2D eigenvalue weighted by molar-refractivity contribution is 5.79. The van der Waals surface area contributed by atoms with Gasteiger partial charge in [0.25, 0.3) is 0 Å². The molecule has 142 valence electrons. The summed E-state index contributed by atoms with van der Waals surface area (Å²) < 4.78 is 10.5. The number of ether oxygens (including phenoxy) is 2. The first-order valence-electron chi connectivity index (χ1n) is 9.00. The fraction of sp³-hybridized carbons (Fsp3) is 0.579. The number of nitrogens with zero attached hydrogens (tertiary/aromatic N) is 2. The summed E-state index contributed by atoms with van der Waals surface area (Å²) in [6.45, 7) is 0.590. The van der Waals surface area contributed by atoms with Crippen LogP contribution in [0.25, 0.3) is 11.0 Å². The van der Waals surface area contributed by atoms with E-state index in [2.05, 4.69) is 9.97 Å². The number of nitrogens with one attached hydrogen (secondary N) is 1. The Morgan fingerprint density at radius 3 is 2.92 bits per heavy atom. The molecule has 0 spiro atoms. The molecule has 0 saturated heterocycles. The van der Waals surface area contributed by atoms with Gasteiger partial charge in [-0.25, -0.2) is 4.98 Å². The second kappa shape index (κ2) is 8.05. The monoisotopic (exact) mass is 361 g/mol. The van der Waals surface area contributed by atoms with E-state index in [1.54, 1.807) is 19.1 Å². The van der Waals surface area contributed by atoms with E-state index in [1.165, 1.54) is 0 Å². The molecule has 2 aromatic rings. The first-order valence-corrected chi connectivity index (χ1v) is 9.00. The van der Waals surface area contributed by atoms with Crippen molar-refractivity contribution in [3.8, 4) is 5.75 Å². The summed E-state index contributed by atoms with van der Waals surface area (Å²) in [6.07, 6.45) is 1.81. The summed E-state index contributed by atoms with van der Waals surface area (Å²) in [5.74, 6) is 1.65. The molecule has 3 rings (SSSR count). The van der Waals surface area contributed by atoms with Crippen LogP contribution in [-0.4, -0.2) is 65.9 Å². The van der Waals surface area contributed by atoms with Crippen LogP contribution in [0, 0.1) is 5.92 Å². The zero-order valence-electron chi connectivity index (χ0n) is 15.6. The maximum Gasteiger partial charge on any atom is 0.225 e. The fourth-order valence-corrected chi connectivity index (χ4v) is 3.57. The second-order valence-corrected chi connectivity index (χ2v) is 6.93. The third-order valence-electron chi connectivity index (χ3n) is 5.21. The van der Waals surface area contributed by atoms with E-state index in [0.717, 1.165) is 22.6 Å². The fourth-order valence-electron chi connectivity index (χ4n) is 3.57. The van der Waals surface area contributed by atoms with Crippen LogP contribution >= 0.6 is 0 Å². The highest BCUT2D eigenvalue weighted by Crippen LogP contribution is 2.28. The molecule has 26 heavy (non-hydrogen) atoms. The van der Waals surface area contributed by atoms with Gasteiger partial charge in [-0.3, -0.25) is 4.79 Å². The third-order valence-corrected chi connectivity index (χ3v) is 5.21. The van der Waals surface area contributed by atoms with Crippen molar-refractivity contribution in [2.24, 2.45) is 5.92 Å². The van der Waals surface area contributed by atoms with E-state index < -0.39 is 6.10 Å². The molecule has 1 amide bonds. The number of aliphatic hydroxyl groups is 1. The first kappa shape index (κ1) is 18.7. The minimum atomic E-state index is -0.470. The van der Waals surface area contributed by atoms with Crippen molar-refractivity contribution < 1.29 is 19.4 Å². The van der Waals surface area contributed by atoms with E-state index >= 15 is 0 Å². The molecule has 0 unspecified atom stereocenters. The van der Waals surface area contributed by atoms with Gasteiger partial charge in [0.1, 0.15) is 11.6 Å². The molecule has 7 nitrogen and oxygen atoms in total. The number of likely N-dealkylation sites (N-methyl/N-ethyl adjacent to an activating group) is 1. The quantitative estimate of drug-likeness (QED) is 0.818. The maximum absolute atomic E-state index is 12.7. The molecular formula is C19H27N3O4. The van der Waals surface area contributed by atoms with Gasteiger partial charge in [-0.1, -0.05) is 0 Å². The number of benzene rings is 1. The molecule has 7 heteroatoms. The number of amides is 1. The number of rotatable bonds is 6. The summed E-state index contributed by atoms with van der Waals surface area (Å²) in [5.41, 5.74) is 1.82. The summed E-state index contributed by atoms with van der Waals surface area (Å²) >= 11 is 0. The Morgan fingerprint density at radius 2 is 2.19 bits per heavy atom. The summed E-state index contributed by atoms with van der Waals surface area (Å²) in [4.78, 5) is 22.3. The first-order chi connectivity index (χ1) is 12.5. The van der Waals surface area contributed by atoms with Crippen molar-refractivity contribution in [1.29, 1.82) is 0 Å². The molecule has 2 N–H and O–H groups in total. The number of hydrogen-bond acceptors (Lipinski definition) is 5. The molecule has 1 aliphatic carbocycles. The standard InChI is InChI=1S/C19H27N3O4/c1-22(19(24)12-4-7-16(23)17(10-12)26-3)9-8-18-20-14-6-5-13(25-2)11-15(14)21-18/h5-6,11-12,16-17,23H,4,7-10H2,1-3H3,(H,20,21)/t12-,16+,17-/m1/s1. The van der Waals surface area contributed by atoms with Crippen LogP contribution in [-0.2, 0) is 16.0 Å². The predicted molar refractivity (Wildman–Crippen MR) is 98.1 cm³/mol. The number of carbonyl (C=O) groups excluding carboxylic acids is 1. The zero-order valence-corrected chi connectivity index (χ0v) is 15.6. The van der Waals surface area contributed by atoms with E-state index in [9.17, 15) is 9.90 Å². The smallest absolute Gasteiger partial charge is 0.225 e. The van der Waals surface area contributed by atoms with E-state index in [0.29, 0.717) is 32.2 Å². The van der Waals surface area contributed by atoms with E-state index in [1.807, 2.05) is 25.2 Å². The number of aromatic amines is 1. The molecule has 1 saturated carbocycles. The molecule has 3 atom stereocenters. The third kappa shape index (κ3) is 3.99. The highest BCUT2D eigenvalue weighted by Gasteiger charge is 2.34. The normalized spacial score (nSPS) is 23.2. The number of aromatic nitrogens is 2. The minimum absolute atomic E-state index is 0.0896. The van der Waals surface area contributed by atoms with Crippen LogP contribution in [0.4, 0.5) is 0 Å². The lowest BCUT2D eigenvalue weighted by molar-refractivity contribution is -0.139. The summed E-state index contributed by atoms with van der Waals surface area (Å²) in [6, 6.07) is 5.71.